The third-order valence-electron chi connectivity index (χ3n) is 7.51. The van der Waals surface area contributed by atoms with E-state index in [-0.39, 0.29) is 16.8 Å². The van der Waals surface area contributed by atoms with E-state index in [2.05, 4.69) is 11.1 Å². The van der Waals surface area contributed by atoms with Gasteiger partial charge in [-0.3, -0.25) is 19.8 Å². The minimum absolute atomic E-state index is 0.0545. The van der Waals surface area contributed by atoms with E-state index in [1.165, 1.54) is 15.9 Å². The minimum atomic E-state index is -0.591. The summed E-state index contributed by atoms with van der Waals surface area (Å²) in [6.45, 7) is 2.00. The van der Waals surface area contributed by atoms with Gasteiger partial charge in [-0.15, -0.1) is 11.3 Å². The maximum atomic E-state index is 14.0. The highest BCUT2D eigenvalue weighted by atomic mass is 32.1. The molecule has 0 spiro atoms. The van der Waals surface area contributed by atoms with Crippen molar-refractivity contribution in [3.05, 3.63) is 139 Å². The normalized spacial score (nSPS) is 14.4. The van der Waals surface area contributed by atoms with Gasteiger partial charge in [0.15, 0.2) is 0 Å². The molecule has 9 heteroatoms. The second-order valence-electron chi connectivity index (χ2n) is 10.0. The lowest BCUT2D eigenvalue weighted by Crippen LogP contribution is -2.40. The van der Waals surface area contributed by atoms with Gasteiger partial charge in [0.1, 0.15) is 33.6 Å². The number of rotatable bonds is 3. The zero-order valence-corrected chi connectivity index (χ0v) is 23.1. The molecule has 42 heavy (non-hydrogen) atoms. The van der Waals surface area contributed by atoms with Crippen molar-refractivity contribution in [3.63, 3.8) is 0 Å². The molecule has 0 amide bonds. The number of aromatic hydroxyl groups is 1. The van der Waals surface area contributed by atoms with E-state index in [1.54, 1.807) is 41.4 Å². The molecular formula is C33H22N6O2S. The van der Waals surface area contributed by atoms with Crippen molar-refractivity contribution in [1.82, 2.24) is 19.1 Å². The van der Waals surface area contributed by atoms with Crippen molar-refractivity contribution in [3.8, 4) is 23.3 Å². The van der Waals surface area contributed by atoms with Crippen LogP contribution >= 0.6 is 11.3 Å². The number of aromatic nitrogens is 4. The molecular weight excluding hydrogens is 544 g/mol. The number of phenolic OH excluding ortho intramolecular Hbond substituents is 1. The molecule has 1 unspecified atom stereocenters. The molecule has 0 saturated carbocycles. The fourth-order valence-corrected chi connectivity index (χ4v) is 6.58. The van der Waals surface area contributed by atoms with Gasteiger partial charge in [-0.2, -0.15) is 5.26 Å². The van der Waals surface area contributed by atoms with Crippen LogP contribution in [0.3, 0.4) is 0 Å². The average molecular weight is 567 g/mol. The number of fused-ring (bicyclic) bond motifs is 4. The second-order valence-corrected chi connectivity index (χ2v) is 11.1. The molecule has 0 saturated heterocycles. The number of hydrogen-bond acceptors (Lipinski definition) is 7. The molecule has 0 radical (unpaired) electrons. The number of pyridine rings is 1. The van der Waals surface area contributed by atoms with E-state index in [0.29, 0.717) is 42.6 Å². The van der Waals surface area contributed by atoms with E-state index in [4.69, 9.17) is 4.98 Å². The maximum Gasteiger partial charge on any atom is 0.274 e. The summed E-state index contributed by atoms with van der Waals surface area (Å²) < 4.78 is 4.01. The second kappa shape index (κ2) is 9.80. The molecule has 1 aliphatic heterocycles. The Balaban J connectivity index is 1.57. The summed E-state index contributed by atoms with van der Waals surface area (Å²) in [6.07, 6.45) is 4.91. The molecule has 1 atom stereocenters. The third kappa shape index (κ3) is 3.89. The van der Waals surface area contributed by atoms with Crippen molar-refractivity contribution in [2.45, 2.75) is 12.8 Å². The zero-order valence-electron chi connectivity index (χ0n) is 22.3. The van der Waals surface area contributed by atoms with Crippen molar-refractivity contribution < 1.29 is 5.11 Å². The smallest absolute Gasteiger partial charge is 0.274 e. The van der Waals surface area contributed by atoms with Crippen molar-refractivity contribution in [1.29, 1.82) is 10.7 Å². The fourth-order valence-electron chi connectivity index (χ4n) is 5.48. The molecule has 0 fully saturated rings. The largest absolute Gasteiger partial charge is 0.506 e. The molecule has 0 bridgehead atoms. The Hall–Kier alpha value is -5.59. The first-order valence-electron chi connectivity index (χ1n) is 13.2. The zero-order chi connectivity index (χ0) is 29.0. The first kappa shape index (κ1) is 25.4. The lowest BCUT2D eigenvalue weighted by atomic mass is 9.84. The van der Waals surface area contributed by atoms with Crippen LogP contribution in [-0.4, -0.2) is 24.2 Å². The van der Waals surface area contributed by atoms with Crippen molar-refractivity contribution in [2.24, 2.45) is 0 Å². The van der Waals surface area contributed by atoms with Gasteiger partial charge in [0.05, 0.1) is 27.7 Å². The van der Waals surface area contributed by atoms with Gasteiger partial charge in [0, 0.05) is 17.3 Å². The number of nitriles is 1. The van der Waals surface area contributed by atoms with E-state index in [0.717, 1.165) is 16.8 Å². The third-order valence-corrected chi connectivity index (χ3v) is 8.62. The average Bonchev–Trinajstić information content (AvgIpc) is 3.34. The molecule has 2 N–H and O–H groups in total. The molecule has 1 aliphatic rings. The minimum Gasteiger partial charge on any atom is -0.506 e. The van der Waals surface area contributed by atoms with Crippen LogP contribution in [0, 0.1) is 23.7 Å². The van der Waals surface area contributed by atoms with E-state index in [1.807, 2.05) is 67.6 Å². The number of nitrogens with one attached hydrogen (secondary N) is 1. The predicted molar refractivity (Wildman–Crippen MR) is 161 cm³/mol. The van der Waals surface area contributed by atoms with Crippen LogP contribution in [-0.2, 0) is 0 Å². The van der Waals surface area contributed by atoms with Gasteiger partial charge >= 0.3 is 0 Å². The Morgan fingerprint density at radius 2 is 1.81 bits per heavy atom. The van der Waals surface area contributed by atoms with Crippen LogP contribution in [0.4, 0.5) is 0 Å². The van der Waals surface area contributed by atoms with E-state index < -0.39 is 5.92 Å². The lowest BCUT2D eigenvalue weighted by Gasteiger charge is -2.25. The first-order chi connectivity index (χ1) is 20.5. The first-order valence-corrected chi connectivity index (χ1v) is 14.0. The highest BCUT2D eigenvalue weighted by Gasteiger charge is 2.33. The van der Waals surface area contributed by atoms with Gasteiger partial charge in [-0.1, -0.05) is 60.2 Å². The van der Waals surface area contributed by atoms with Crippen molar-refractivity contribution in [2.75, 3.05) is 0 Å². The summed E-state index contributed by atoms with van der Waals surface area (Å²) in [7, 11) is 0. The summed E-state index contributed by atoms with van der Waals surface area (Å²) >= 11 is 1.22. The van der Waals surface area contributed by atoms with Crippen LogP contribution in [0.5, 0.6) is 5.75 Å². The van der Waals surface area contributed by atoms with E-state index in [9.17, 15) is 20.6 Å². The van der Waals surface area contributed by atoms with Crippen LogP contribution in [0.25, 0.3) is 34.1 Å². The van der Waals surface area contributed by atoms with Crippen LogP contribution in [0.2, 0.25) is 0 Å². The molecule has 0 aliphatic carbocycles. The number of benzene rings is 3. The SMILES string of the molecule is Cc1ccc(C2C(C#N)=c3s/c(=C/c4ccc(O)c5ncccc45)c(=O)n3-c3ncn(-c4ccccc4)c(=N)c32)cc1. The number of thiazole rings is 1. The molecule has 3 aromatic carbocycles. The Kier molecular flexibility index (Phi) is 5.92. The fraction of sp³-hybridized carbons (Fsp3) is 0.0606. The Bertz CT molecular complexity index is 2330. The Morgan fingerprint density at radius 1 is 1.02 bits per heavy atom. The Labute approximate surface area is 243 Å². The van der Waals surface area contributed by atoms with Gasteiger partial charge in [-0.05, 0) is 48.4 Å². The van der Waals surface area contributed by atoms with Crippen LogP contribution in [0.1, 0.15) is 28.2 Å². The standard InChI is InChI=1S/C33H22N6O2S/c1-19-9-11-20(12-10-19)27-24(17-34)33-39(31-28(27)30(35)38(18-37-31)22-6-3-2-4-7-22)32(41)26(42-33)16-21-13-14-25(40)29-23(21)8-5-15-36-29/h2-16,18,27,35,40H,1H3/b26-16+,35-30?. The van der Waals surface area contributed by atoms with E-state index >= 15 is 0 Å². The maximum absolute atomic E-state index is 14.0. The molecule has 4 heterocycles. The molecule has 8 nitrogen and oxygen atoms in total. The number of para-hydroxylation sites is 1. The quantitative estimate of drug-likeness (QED) is 0.338. The van der Waals surface area contributed by atoms with Gasteiger partial charge < -0.3 is 5.11 Å². The molecule has 202 valence electrons. The lowest BCUT2D eigenvalue weighted by molar-refractivity contribution is 0.480. The number of hydrogen-bond donors (Lipinski definition) is 2. The molecule has 7 rings (SSSR count). The topological polar surface area (TPSA) is 121 Å². The van der Waals surface area contributed by atoms with Gasteiger partial charge in [0.2, 0.25) is 0 Å². The number of aryl methyl sites for hydroxylation is 1. The summed E-state index contributed by atoms with van der Waals surface area (Å²) in [5.41, 5.74) is 4.50. The van der Waals surface area contributed by atoms with Gasteiger partial charge in [-0.25, -0.2) is 9.55 Å². The summed E-state index contributed by atoms with van der Waals surface area (Å²) in [4.78, 5) is 23.1. The summed E-state index contributed by atoms with van der Waals surface area (Å²) in [6, 6.07) is 26.6. The summed E-state index contributed by atoms with van der Waals surface area (Å²) in [5.74, 6) is -0.199. The van der Waals surface area contributed by atoms with Crippen molar-refractivity contribution >= 4 is 33.9 Å². The predicted octanol–water partition coefficient (Wildman–Crippen LogP) is 3.77. The molecule has 3 aromatic heterocycles. The van der Waals surface area contributed by atoms with Crippen LogP contribution < -0.4 is 20.2 Å². The number of nitrogens with zero attached hydrogens (tertiary/aromatic N) is 5. The molecule has 6 aromatic rings. The monoisotopic (exact) mass is 566 g/mol. The van der Waals surface area contributed by atoms with Gasteiger partial charge in [0.25, 0.3) is 5.56 Å². The Morgan fingerprint density at radius 3 is 2.57 bits per heavy atom. The number of phenols is 1. The highest BCUT2D eigenvalue weighted by molar-refractivity contribution is 7.07. The summed E-state index contributed by atoms with van der Waals surface area (Å²) in [5, 5.41) is 30.9. The van der Waals surface area contributed by atoms with Crippen LogP contribution in [0.15, 0.2) is 96.2 Å². The highest BCUT2D eigenvalue weighted by Crippen LogP contribution is 2.35.